The number of hydrogen-bond donors (Lipinski definition) is 0. The monoisotopic (exact) mass is 851 g/mol. The summed E-state index contributed by atoms with van der Waals surface area (Å²) in [5.74, 6) is 0.302. The number of benzene rings is 2. The second-order valence-corrected chi connectivity index (χ2v) is 17.9. The van der Waals surface area contributed by atoms with E-state index in [-0.39, 0.29) is 0 Å². The maximum atomic E-state index is 5.28. The molecule has 0 radical (unpaired) electrons. The van der Waals surface area contributed by atoms with Crippen molar-refractivity contribution in [1.29, 1.82) is 0 Å². The van der Waals surface area contributed by atoms with E-state index in [1.807, 2.05) is 92.2 Å². The van der Waals surface area contributed by atoms with E-state index in [9.17, 15) is 0 Å². The van der Waals surface area contributed by atoms with E-state index < -0.39 is 16.4 Å². The summed E-state index contributed by atoms with van der Waals surface area (Å²) in [5.41, 5.74) is 17.3. The second-order valence-electron chi connectivity index (χ2n) is 17.9. The Bertz CT molecular complexity index is 3480. The van der Waals surface area contributed by atoms with Crippen LogP contribution >= 0.6 is 0 Å². The molecule has 9 nitrogen and oxygen atoms in total. The zero-order valence-corrected chi connectivity index (χ0v) is 36.5. The molecule has 4 aliphatic rings. The molecule has 312 valence electrons. The normalized spacial score (nSPS) is 15.9. The summed E-state index contributed by atoms with van der Waals surface area (Å²) in [6.45, 7) is 4.48. The Balaban J connectivity index is 1.14. The van der Waals surface area contributed by atoms with Crippen molar-refractivity contribution < 1.29 is 9.15 Å². The highest BCUT2D eigenvalue weighted by atomic mass is 15.2. The zero-order chi connectivity index (χ0) is 44.2. The second kappa shape index (κ2) is 14.1. The van der Waals surface area contributed by atoms with Crippen molar-refractivity contribution in [3.8, 4) is 33.4 Å². The Kier molecular flexibility index (Phi) is 8.11. The predicted molar refractivity (Wildman–Crippen MR) is 252 cm³/mol. The van der Waals surface area contributed by atoms with Gasteiger partial charge in [-0.2, -0.15) is 0 Å². The first-order valence-corrected chi connectivity index (χ1v) is 22.3. The van der Waals surface area contributed by atoms with Gasteiger partial charge in [0.1, 0.15) is 0 Å². The summed E-state index contributed by atoms with van der Waals surface area (Å²) in [5, 5.41) is 0. The topological polar surface area (TPSA) is 96.2 Å². The van der Waals surface area contributed by atoms with Gasteiger partial charge < -0.3 is 0 Å². The predicted octanol–water partition coefficient (Wildman–Crippen LogP) is 9.89. The van der Waals surface area contributed by atoms with Gasteiger partial charge in [0.2, 0.25) is 12.4 Å². The minimum Gasteiger partial charge on any atom is -0.264 e. The van der Waals surface area contributed by atoms with E-state index >= 15 is 0 Å². The molecule has 1 aliphatic heterocycles. The Labute approximate surface area is 382 Å². The SMILES string of the molecule is CC(C)c1ccnc(C2(c3cccc(C4(c5cccc(C6([N+]7=C=[N+](C)C=C7)c7ccncc7-c7cnccc76)c5)c5ccncc5-c5cnccc54)c3)c3ccncc3-c3cnccc32)c1. The van der Waals surface area contributed by atoms with Gasteiger partial charge in [-0.3, -0.25) is 34.9 Å². The third-order valence-corrected chi connectivity index (χ3v) is 14.5. The van der Waals surface area contributed by atoms with Gasteiger partial charge >= 0.3 is 6.01 Å². The van der Waals surface area contributed by atoms with E-state index in [2.05, 4.69) is 154 Å². The van der Waals surface area contributed by atoms with Crippen LogP contribution in [0.15, 0.2) is 190 Å². The summed E-state index contributed by atoms with van der Waals surface area (Å²) in [7, 11) is 2.02. The molecule has 2 aromatic carbocycles. The van der Waals surface area contributed by atoms with E-state index in [1.54, 1.807) is 0 Å². The van der Waals surface area contributed by atoms with Crippen molar-refractivity contribution in [2.45, 2.75) is 36.1 Å². The highest BCUT2D eigenvalue weighted by Crippen LogP contribution is 2.60. The van der Waals surface area contributed by atoms with Crippen LogP contribution in [0.2, 0.25) is 0 Å². The number of pyridine rings is 7. The number of hydrogen-bond acceptors (Lipinski definition) is 7. The van der Waals surface area contributed by atoms with Gasteiger partial charge in [-0.05, 0) is 105 Å². The summed E-state index contributed by atoms with van der Waals surface area (Å²) < 4.78 is 4.20. The van der Waals surface area contributed by atoms with Crippen LogP contribution in [0.5, 0.6) is 0 Å². The van der Waals surface area contributed by atoms with Gasteiger partial charge in [0.25, 0.3) is 5.54 Å². The van der Waals surface area contributed by atoms with Crippen LogP contribution in [0, 0.1) is 0 Å². The largest absolute Gasteiger partial charge is 0.490 e. The molecule has 13 rings (SSSR count). The lowest BCUT2D eigenvalue weighted by Crippen LogP contribution is -2.38. The van der Waals surface area contributed by atoms with Crippen LogP contribution in [0.4, 0.5) is 0 Å². The molecule has 0 bridgehead atoms. The molecule has 0 saturated carbocycles. The molecule has 9 heteroatoms. The van der Waals surface area contributed by atoms with Crippen molar-refractivity contribution in [3.05, 3.63) is 257 Å². The van der Waals surface area contributed by atoms with E-state index in [1.165, 1.54) is 5.56 Å². The lowest BCUT2D eigenvalue weighted by Gasteiger charge is -2.37. The first kappa shape index (κ1) is 38.1. The number of fused-ring (bicyclic) bond motifs is 9. The molecule has 9 aromatic rings. The Morgan fingerprint density at radius 2 is 0.848 bits per heavy atom. The third-order valence-electron chi connectivity index (χ3n) is 14.5. The Hall–Kier alpha value is -8.39. The molecule has 8 heterocycles. The lowest BCUT2D eigenvalue weighted by molar-refractivity contribution is -0.533. The van der Waals surface area contributed by atoms with Crippen molar-refractivity contribution in [3.63, 3.8) is 0 Å². The Morgan fingerprint density at radius 3 is 1.30 bits per heavy atom. The average molecular weight is 852 g/mol. The first-order chi connectivity index (χ1) is 32.5. The van der Waals surface area contributed by atoms with E-state index in [0.717, 1.165) is 94.7 Å². The lowest BCUT2D eigenvalue weighted by atomic mass is 9.64. The average Bonchev–Trinajstić information content (AvgIpc) is 4.11. The van der Waals surface area contributed by atoms with Crippen LogP contribution in [0.3, 0.4) is 0 Å². The molecule has 0 atom stereocenters. The van der Waals surface area contributed by atoms with Gasteiger partial charge in [-0.15, -0.1) is 0 Å². The maximum absolute atomic E-state index is 5.28. The smallest absolute Gasteiger partial charge is 0.264 e. The van der Waals surface area contributed by atoms with Gasteiger partial charge in [0.05, 0.1) is 16.5 Å². The van der Waals surface area contributed by atoms with Crippen LogP contribution in [-0.2, 0) is 16.4 Å². The van der Waals surface area contributed by atoms with Gasteiger partial charge in [-0.1, -0.05) is 65.5 Å². The molecule has 0 unspecified atom stereocenters. The molecular formula is C57H41N9+2. The first-order valence-electron chi connectivity index (χ1n) is 22.3. The molecule has 0 spiro atoms. The number of rotatable bonds is 7. The van der Waals surface area contributed by atoms with Crippen molar-refractivity contribution >= 4 is 6.01 Å². The summed E-state index contributed by atoms with van der Waals surface area (Å²) >= 11 is 0. The van der Waals surface area contributed by atoms with Crippen molar-refractivity contribution in [2.24, 2.45) is 0 Å². The number of aromatic nitrogens is 7. The third kappa shape index (κ3) is 4.87. The zero-order valence-electron chi connectivity index (χ0n) is 36.5. The fourth-order valence-electron chi connectivity index (χ4n) is 11.8. The van der Waals surface area contributed by atoms with Gasteiger partial charge in [-0.25, -0.2) is 0 Å². The van der Waals surface area contributed by atoms with E-state index in [4.69, 9.17) is 15.0 Å². The molecular weight excluding hydrogens is 811 g/mol. The summed E-state index contributed by atoms with van der Waals surface area (Å²) in [6, 6.07) is 39.5. The molecule has 0 saturated heterocycles. The van der Waals surface area contributed by atoms with Crippen LogP contribution in [0.25, 0.3) is 33.4 Å². The van der Waals surface area contributed by atoms with Gasteiger partial charge in [0.15, 0.2) is 7.05 Å². The number of nitrogens with zero attached hydrogens (tertiary/aromatic N) is 9. The van der Waals surface area contributed by atoms with Gasteiger partial charge in [0, 0.05) is 131 Å². The fourth-order valence-corrected chi connectivity index (χ4v) is 11.8. The highest BCUT2D eigenvalue weighted by molar-refractivity contribution is 5.88. The van der Waals surface area contributed by atoms with E-state index in [0.29, 0.717) is 5.92 Å². The van der Waals surface area contributed by atoms with Crippen LogP contribution < -0.4 is 0 Å². The minimum atomic E-state index is -0.815. The van der Waals surface area contributed by atoms with Crippen LogP contribution in [0.1, 0.15) is 86.7 Å². The maximum Gasteiger partial charge on any atom is 0.490 e. The Morgan fingerprint density at radius 1 is 0.439 bits per heavy atom. The van der Waals surface area contributed by atoms with Crippen LogP contribution in [-0.4, -0.2) is 57.1 Å². The minimum absolute atomic E-state index is 0.302. The quantitative estimate of drug-likeness (QED) is 0.147. The van der Waals surface area contributed by atoms with Crippen molar-refractivity contribution in [1.82, 2.24) is 34.9 Å². The molecule has 0 N–H and O–H groups in total. The van der Waals surface area contributed by atoms with Crippen molar-refractivity contribution in [2.75, 3.05) is 7.05 Å². The molecule has 0 amide bonds. The molecule has 0 fully saturated rings. The standard InChI is InChI=1S/C57H41N9/c1-36(2)37-10-23-64-54(26-37)56(50-13-19-60-31-44(50)45-32-61-20-14-51(45)56)40-8-4-6-38(27-40)55(48-11-17-58-29-42(48)43-30-59-18-12-49(43)55)39-7-5-9-41(28-39)57(66-25-24-65(3)35-66)52-15-21-62-33-46(52)47-34-63-22-16-53(47)57/h4-34,36H,1-3H3/q+2. The molecule has 7 aromatic heterocycles. The fraction of sp³-hybridized carbons (Fsp3) is 0.123. The molecule has 66 heavy (non-hydrogen) atoms. The highest BCUT2D eigenvalue weighted by Gasteiger charge is 2.57. The molecule has 3 aliphatic carbocycles. The summed E-state index contributed by atoms with van der Waals surface area (Å²) in [6.07, 6.45) is 29.5. The summed E-state index contributed by atoms with van der Waals surface area (Å²) in [4.78, 5) is 33.3.